The Morgan fingerprint density at radius 3 is 2.60 bits per heavy atom. The second-order valence-corrected chi connectivity index (χ2v) is 5.54. The molecule has 0 aliphatic heterocycles. The number of hydrogen-bond acceptors (Lipinski definition) is 1. The fourth-order valence-corrected chi connectivity index (χ4v) is 2.65. The molecular weight excluding hydrogens is 291 g/mol. The van der Waals surface area contributed by atoms with Crippen LogP contribution in [0.15, 0.2) is 48.7 Å². The summed E-state index contributed by atoms with van der Waals surface area (Å²) in [6, 6.07) is 13.8. The summed E-state index contributed by atoms with van der Waals surface area (Å²) in [7, 11) is 0. The molecule has 2 nitrogen and oxygen atoms in total. The van der Waals surface area contributed by atoms with E-state index < -0.39 is 0 Å². The quantitative estimate of drug-likeness (QED) is 0.714. The van der Waals surface area contributed by atoms with Crippen molar-refractivity contribution in [1.82, 2.24) is 10.3 Å². The van der Waals surface area contributed by atoms with Crippen molar-refractivity contribution in [2.24, 2.45) is 0 Å². The van der Waals surface area contributed by atoms with E-state index in [9.17, 15) is 0 Å². The molecule has 0 fully saturated rings. The van der Waals surface area contributed by atoms with Crippen molar-refractivity contribution >= 4 is 34.1 Å². The highest BCUT2D eigenvalue weighted by atomic mass is 35.5. The Morgan fingerprint density at radius 1 is 0.950 bits per heavy atom. The molecule has 0 bridgehead atoms. The van der Waals surface area contributed by atoms with E-state index in [1.54, 1.807) is 0 Å². The molecule has 4 heteroatoms. The van der Waals surface area contributed by atoms with Gasteiger partial charge in [0.2, 0.25) is 0 Å². The van der Waals surface area contributed by atoms with Gasteiger partial charge in [-0.15, -0.1) is 0 Å². The van der Waals surface area contributed by atoms with Crippen LogP contribution in [0.5, 0.6) is 0 Å². The highest BCUT2D eigenvalue weighted by Crippen LogP contribution is 2.22. The minimum Gasteiger partial charge on any atom is -0.361 e. The summed E-state index contributed by atoms with van der Waals surface area (Å²) in [5.41, 5.74) is 3.40. The summed E-state index contributed by atoms with van der Waals surface area (Å²) in [5.74, 6) is 0. The summed E-state index contributed by atoms with van der Waals surface area (Å²) in [4.78, 5) is 3.24. The predicted octanol–water partition coefficient (Wildman–Crippen LogP) is 4.76. The predicted molar refractivity (Wildman–Crippen MR) is 85.3 cm³/mol. The van der Waals surface area contributed by atoms with Gasteiger partial charge in [-0.05, 0) is 29.3 Å². The lowest BCUT2D eigenvalue weighted by Crippen LogP contribution is -2.12. The Hall–Kier alpha value is -1.48. The van der Waals surface area contributed by atoms with Crippen molar-refractivity contribution in [1.29, 1.82) is 0 Å². The summed E-state index contributed by atoms with van der Waals surface area (Å²) in [6.07, 6.45) is 2.01. The molecule has 0 unspecified atom stereocenters. The molecule has 0 aliphatic rings. The maximum Gasteiger partial charge on any atom is 0.0472 e. The van der Waals surface area contributed by atoms with E-state index in [2.05, 4.69) is 10.3 Å². The van der Waals surface area contributed by atoms with Gasteiger partial charge in [0.25, 0.3) is 0 Å². The molecule has 2 aromatic carbocycles. The number of halogens is 2. The van der Waals surface area contributed by atoms with Crippen LogP contribution in [0.2, 0.25) is 10.0 Å². The van der Waals surface area contributed by atoms with Crippen LogP contribution in [0.3, 0.4) is 0 Å². The number of fused-ring (bicyclic) bond motifs is 1. The van der Waals surface area contributed by atoms with E-state index in [1.165, 1.54) is 10.9 Å². The largest absolute Gasteiger partial charge is 0.361 e. The zero-order chi connectivity index (χ0) is 13.9. The van der Waals surface area contributed by atoms with Crippen LogP contribution in [-0.4, -0.2) is 4.98 Å². The van der Waals surface area contributed by atoms with Gasteiger partial charge in [0, 0.05) is 40.2 Å². The fourth-order valence-electron chi connectivity index (χ4n) is 2.28. The van der Waals surface area contributed by atoms with E-state index in [1.807, 2.05) is 48.7 Å². The third-order valence-corrected chi connectivity index (χ3v) is 3.92. The number of benzene rings is 2. The molecule has 1 heterocycles. The van der Waals surface area contributed by atoms with Gasteiger partial charge in [0.05, 0.1) is 0 Å². The molecule has 20 heavy (non-hydrogen) atoms. The van der Waals surface area contributed by atoms with Gasteiger partial charge in [-0.3, -0.25) is 0 Å². The first kappa shape index (κ1) is 13.5. The van der Waals surface area contributed by atoms with Crippen LogP contribution in [0, 0.1) is 0 Å². The van der Waals surface area contributed by atoms with Crippen molar-refractivity contribution in [3.05, 3.63) is 69.8 Å². The number of aromatic amines is 1. The minimum absolute atomic E-state index is 0.745. The van der Waals surface area contributed by atoms with E-state index in [-0.39, 0.29) is 0 Å². The molecule has 3 rings (SSSR count). The lowest BCUT2D eigenvalue weighted by molar-refractivity contribution is 0.696. The number of nitrogens with one attached hydrogen (secondary N) is 2. The van der Waals surface area contributed by atoms with Gasteiger partial charge in [-0.2, -0.15) is 0 Å². The average molecular weight is 305 g/mol. The molecule has 0 amide bonds. The second-order valence-electron chi connectivity index (χ2n) is 4.70. The lowest BCUT2D eigenvalue weighted by atomic mass is 10.1. The van der Waals surface area contributed by atoms with Gasteiger partial charge in [0.15, 0.2) is 0 Å². The number of rotatable bonds is 4. The number of hydrogen-bond donors (Lipinski definition) is 2. The van der Waals surface area contributed by atoms with Crippen LogP contribution in [-0.2, 0) is 13.1 Å². The number of aromatic nitrogens is 1. The maximum atomic E-state index is 6.14. The van der Waals surface area contributed by atoms with E-state index in [0.29, 0.717) is 0 Å². The van der Waals surface area contributed by atoms with Crippen molar-refractivity contribution in [3.63, 3.8) is 0 Å². The molecule has 3 aromatic rings. The van der Waals surface area contributed by atoms with Crippen molar-refractivity contribution in [3.8, 4) is 0 Å². The molecule has 1 aromatic heterocycles. The number of H-pyrrole nitrogens is 1. The van der Waals surface area contributed by atoms with Gasteiger partial charge >= 0.3 is 0 Å². The maximum absolute atomic E-state index is 6.14. The second kappa shape index (κ2) is 5.88. The Kier molecular flexibility index (Phi) is 3.97. The van der Waals surface area contributed by atoms with E-state index >= 15 is 0 Å². The first-order valence-corrected chi connectivity index (χ1v) is 7.19. The lowest BCUT2D eigenvalue weighted by Gasteiger charge is -2.06. The first-order chi connectivity index (χ1) is 9.74. The highest BCUT2D eigenvalue weighted by molar-refractivity contribution is 6.31. The Morgan fingerprint density at radius 2 is 1.75 bits per heavy atom. The summed E-state index contributed by atoms with van der Waals surface area (Å²) >= 11 is 12.1. The van der Waals surface area contributed by atoms with E-state index in [4.69, 9.17) is 23.2 Å². The molecule has 0 saturated heterocycles. The normalized spacial score (nSPS) is 11.1. The van der Waals surface area contributed by atoms with Crippen molar-refractivity contribution in [2.45, 2.75) is 13.1 Å². The Balaban J connectivity index is 1.70. The van der Waals surface area contributed by atoms with Crippen LogP contribution in [0.1, 0.15) is 11.1 Å². The molecule has 0 atom stereocenters. The Labute approximate surface area is 127 Å². The van der Waals surface area contributed by atoms with Crippen LogP contribution in [0.25, 0.3) is 10.9 Å². The van der Waals surface area contributed by atoms with Gasteiger partial charge < -0.3 is 10.3 Å². The SMILES string of the molecule is Clc1ccc2c(CNCc3ccccc3Cl)c[nH]c2c1. The van der Waals surface area contributed by atoms with Gasteiger partial charge in [0.1, 0.15) is 0 Å². The van der Waals surface area contributed by atoms with Crippen molar-refractivity contribution in [2.75, 3.05) is 0 Å². The third-order valence-electron chi connectivity index (χ3n) is 3.32. The minimum atomic E-state index is 0.745. The summed E-state index contributed by atoms with van der Waals surface area (Å²) in [5, 5.41) is 6.15. The molecule has 0 spiro atoms. The molecule has 0 aliphatic carbocycles. The summed E-state index contributed by atoms with van der Waals surface area (Å²) in [6.45, 7) is 1.53. The van der Waals surface area contributed by atoms with Gasteiger partial charge in [-0.1, -0.05) is 47.5 Å². The van der Waals surface area contributed by atoms with Crippen LogP contribution >= 0.6 is 23.2 Å². The van der Waals surface area contributed by atoms with E-state index in [0.717, 1.165) is 34.2 Å². The summed E-state index contributed by atoms with van der Waals surface area (Å²) < 4.78 is 0. The molecular formula is C16H14Cl2N2. The highest BCUT2D eigenvalue weighted by Gasteiger charge is 2.04. The monoisotopic (exact) mass is 304 g/mol. The molecule has 102 valence electrons. The molecule has 2 N–H and O–H groups in total. The standard InChI is InChI=1S/C16H14Cl2N2/c17-13-5-6-14-12(10-20-16(14)7-13)9-19-8-11-3-1-2-4-15(11)18/h1-7,10,19-20H,8-9H2. The smallest absolute Gasteiger partial charge is 0.0472 e. The fraction of sp³-hybridized carbons (Fsp3) is 0.125. The molecule has 0 radical (unpaired) electrons. The van der Waals surface area contributed by atoms with Crippen molar-refractivity contribution < 1.29 is 0 Å². The van der Waals surface area contributed by atoms with Crippen LogP contribution < -0.4 is 5.32 Å². The third kappa shape index (κ3) is 2.83. The zero-order valence-corrected chi connectivity index (χ0v) is 12.3. The average Bonchev–Trinajstić information content (AvgIpc) is 2.83. The molecule has 0 saturated carbocycles. The van der Waals surface area contributed by atoms with Gasteiger partial charge in [-0.25, -0.2) is 0 Å². The Bertz CT molecular complexity index is 734. The topological polar surface area (TPSA) is 27.8 Å². The first-order valence-electron chi connectivity index (χ1n) is 6.43. The van der Waals surface area contributed by atoms with Crippen LogP contribution in [0.4, 0.5) is 0 Å². The zero-order valence-electron chi connectivity index (χ0n) is 10.8.